The van der Waals surface area contributed by atoms with Crippen LogP contribution < -0.4 is 10.6 Å². The van der Waals surface area contributed by atoms with E-state index in [1.54, 1.807) is 0 Å². The van der Waals surface area contributed by atoms with Crippen LogP contribution in [0.4, 0.5) is 0 Å². The topological polar surface area (TPSA) is 44.4 Å². The highest BCUT2D eigenvalue weighted by Gasteiger charge is 2.24. The first-order valence-electron chi connectivity index (χ1n) is 7.79. The van der Waals surface area contributed by atoms with Crippen LogP contribution in [0.3, 0.4) is 0 Å². The summed E-state index contributed by atoms with van der Waals surface area (Å²) in [6.07, 6.45) is 5.85. The Labute approximate surface area is 118 Å². The van der Waals surface area contributed by atoms with E-state index in [9.17, 15) is 4.79 Å². The highest BCUT2D eigenvalue weighted by atomic mass is 16.2. The van der Waals surface area contributed by atoms with Crippen LogP contribution in [0.1, 0.15) is 52.9 Å². The molecule has 1 atom stereocenters. The molecular formula is C15H31N3O. The zero-order valence-electron chi connectivity index (χ0n) is 13.0. The molecule has 0 aliphatic heterocycles. The average Bonchev–Trinajstić information content (AvgIpc) is 2.39. The van der Waals surface area contributed by atoms with Crippen LogP contribution in [-0.2, 0) is 4.79 Å². The predicted octanol–water partition coefficient (Wildman–Crippen LogP) is 1.75. The predicted molar refractivity (Wildman–Crippen MR) is 80.2 cm³/mol. The largest absolute Gasteiger partial charge is 0.353 e. The van der Waals surface area contributed by atoms with Crippen molar-refractivity contribution in [2.24, 2.45) is 0 Å². The fourth-order valence-corrected chi connectivity index (χ4v) is 2.79. The van der Waals surface area contributed by atoms with Gasteiger partial charge in [0, 0.05) is 18.1 Å². The van der Waals surface area contributed by atoms with Crippen molar-refractivity contribution in [1.29, 1.82) is 0 Å². The molecule has 1 rings (SSSR count). The SMILES string of the molecule is CCNC1CCC(N(C)CC(=O)NC(C)CC)CC1. The monoisotopic (exact) mass is 269 g/mol. The van der Waals surface area contributed by atoms with Crippen molar-refractivity contribution < 1.29 is 4.79 Å². The number of hydrogen-bond acceptors (Lipinski definition) is 3. The molecule has 1 fully saturated rings. The molecule has 0 radical (unpaired) electrons. The lowest BCUT2D eigenvalue weighted by atomic mass is 9.90. The summed E-state index contributed by atoms with van der Waals surface area (Å²) in [6.45, 7) is 7.90. The summed E-state index contributed by atoms with van der Waals surface area (Å²) in [5.41, 5.74) is 0. The summed E-state index contributed by atoms with van der Waals surface area (Å²) in [5, 5.41) is 6.56. The Hall–Kier alpha value is -0.610. The second kappa shape index (κ2) is 8.54. The maximum Gasteiger partial charge on any atom is 0.234 e. The first-order chi connectivity index (χ1) is 9.06. The first-order valence-corrected chi connectivity index (χ1v) is 7.79. The van der Waals surface area contributed by atoms with Crippen LogP contribution in [0.5, 0.6) is 0 Å². The molecule has 1 amide bonds. The number of rotatable bonds is 7. The fourth-order valence-electron chi connectivity index (χ4n) is 2.79. The number of carbonyl (C=O) groups is 1. The van der Waals surface area contributed by atoms with E-state index in [1.165, 1.54) is 25.7 Å². The minimum Gasteiger partial charge on any atom is -0.353 e. The summed E-state index contributed by atoms with van der Waals surface area (Å²) in [7, 11) is 2.08. The van der Waals surface area contributed by atoms with Crippen molar-refractivity contribution in [3.8, 4) is 0 Å². The van der Waals surface area contributed by atoms with Crippen LogP contribution in [0, 0.1) is 0 Å². The molecule has 2 N–H and O–H groups in total. The highest BCUT2D eigenvalue weighted by Crippen LogP contribution is 2.22. The number of nitrogens with zero attached hydrogens (tertiary/aromatic N) is 1. The van der Waals surface area contributed by atoms with Gasteiger partial charge in [-0.15, -0.1) is 0 Å². The second-order valence-electron chi connectivity index (χ2n) is 5.86. The van der Waals surface area contributed by atoms with Gasteiger partial charge in [0.15, 0.2) is 0 Å². The molecule has 1 aliphatic rings. The Morgan fingerprint density at radius 1 is 1.26 bits per heavy atom. The summed E-state index contributed by atoms with van der Waals surface area (Å²) in [5.74, 6) is 0.158. The average molecular weight is 269 g/mol. The van der Waals surface area contributed by atoms with Crippen molar-refractivity contribution in [2.45, 2.75) is 71.0 Å². The molecule has 4 nitrogen and oxygen atoms in total. The normalized spacial score (nSPS) is 25.3. The van der Waals surface area contributed by atoms with Crippen molar-refractivity contribution >= 4 is 5.91 Å². The number of likely N-dealkylation sites (N-methyl/N-ethyl adjacent to an activating group) is 1. The van der Waals surface area contributed by atoms with Crippen molar-refractivity contribution in [1.82, 2.24) is 15.5 Å². The molecule has 0 bridgehead atoms. The minimum atomic E-state index is 0.158. The molecule has 0 aromatic heterocycles. The lowest BCUT2D eigenvalue weighted by Gasteiger charge is -2.34. The van der Waals surface area contributed by atoms with Crippen LogP contribution in [0.2, 0.25) is 0 Å². The zero-order chi connectivity index (χ0) is 14.3. The number of hydrogen-bond donors (Lipinski definition) is 2. The van der Waals surface area contributed by atoms with Gasteiger partial charge in [-0.3, -0.25) is 9.69 Å². The van der Waals surface area contributed by atoms with Crippen molar-refractivity contribution in [3.05, 3.63) is 0 Å². The quantitative estimate of drug-likeness (QED) is 0.740. The maximum atomic E-state index is 11.9. The molecule has 1 unspecified atom stereocenters. The van der Waals surface area contributed by atoms with Gasteiger partial charge in [0.2, 0.25) is 5.91 Å². The molecule has 0 aromatic carbocycles. The van der Waals surface area contributed by atoms with Gasteiger partial charge in [-0.1, -0.05) is 13.8 Å². The van der Waals surface area contributed by atoms with Crippen LogP contribution in [0.15, 0.2) is 0 Å². The molecular weight excluding hydrogens is 238 g/mol. The molecule has 19 heavy (non-hydrogen) atoms. The summed E-state index contributed by atoms with van der Waals surface area (Å²) >= 11 is 0. The van der Waals surface area contributed by atoms with Crippen LogP contribution >= 0.6 is 0 Å². The third-order valence-electron chi connectivity index (χ3n) is 4.23. The van der Waals surface area contributed by atoms with E-state index < -0.39 is 0 Å². The van der Waals surface area contributed by atoms with E-state index in [2.05, 4.69) is 43.4 Å². The molecule has 1 aliphatic carbocycles. The van der Waals surface area contributed by atoms with Crippen molar-refractivity contribution in [3.63, 3.8) is 0 Å². The van der Waals surface area contributed by atoms with E-state index >= 15 is 0 Å². The number of amides is 1. The summed E-state index contributed by atoms with van der Waals surface area (Å²) < 4.78 is 0. The molecule has 0 saturated heterocycles. The van der Waals surface area contributed by atoms with Gasteiger partial charge >= 0.3 is 0 Å². The van der Waals surface area contributed by atoms with Gasteiger partial charge in [-0.25, -0.2) is 0 Å². The summed E-state index contributed by atoms with van der Waals surface area (Å²) in [6, 6.07) is 1.53. The Bertz CT molecular complexity index is 262. The first kappa shape index (κ1) is 16.4. The lowest BCUT2D eigenvalue weighted by Crippen LogP contribution is -2.45. The Morgan fingerprint density at radius 2 is 1.89 bits per heavy atom. The lowest BCUT2D eigenvalue weighted by molar-refractivity contribution is -0.123. The number of carbonyl (C=O) groups excluding carboxylic acids is 1. The molecule has 4 heteroatoms. The van der Waals surface area contributed by atoms with E-state index in [0.29, 0.717) is 18.6 Å². The Balaban J connectivity index is 2.27. The third-order valence-corrected chi connectivity index (χ3v) is 4.23. The summed E-state index contributed by atoms with van der Waals surface area (Å²) in [4.78, 5) is 14.1. The molecule has 0 heterocycles. The van der Waals surface area contributed by atoms with Gasteiger partial charge in [0.05, 0.1) is 6.54 Å². The van der Waals surface area contributed by atoms with Gasteiger partial charge in [-0.2, -0.15) is 0 Å². The Morgan fingerprint density at radius 3 is 2.42 bits per heavy atom. The standard InChI is InChI=1S/C15H31N3O/c1-5-12(3)17-15(19)11-18(4)14-9-7-13(8-10-14)16-6-2/h12-14,16H,5-11H2,1-4H3,(H,17,19). The van der Waals surface area contributed by atoms with Crippen LogP contribution in [-0.4, -0.2) is 49.1 Å². The van der Waals surface area contributed by atoms with E-state index in [0.717, 1.165) is 13.0 Å². The van der Waals surface area contributed by atoms with E-state index in [4.69, 9.17) is 0 Å². The molecule has 112 valence electrons. The molecule has 1 saturated carbocycles. The molecule has 0 spiro atoms. The maximum absolute atomic E-state index is 11.9. The minimum absolute atomic E-state index is 0.158. The zero-order valence-corrected chi connectivity index (χ0v) is 13.0. The number of nitrogens with one attached hydrogen (secondary N) is 2. The van der Waals surface area contributed by atoms with Gasteiger partial charge in [0.25, 0.3) is 0 Å². The van der Waals surface area contributed by atoms with Crippen molar-refractivity contribution in [2.75, 3.05) is 20.1 Å². The second-order valence-corrected chi connectivity index (χ2v) is 5.86. The van der Waals surface area contributed by atoms with E-state index in [1.807, 2.05) is 0 Å². The van der Waals surface area contributed by atoms with Crippen LogP contribution in [0.25, 0.3) is 0 Å². The fraction of sp³-hybridized carbons (Fsp3) is 0.933. The molecule has 0 aromatic rings. The van der Waals surface area contributed by atoms with Gasteiger partial charge in [0.1, 0.15) is 0 Å². The van der Waals surface area contributed by atoms with Gasteiger partial charge < -0.3 is 10.6 Å². The smallest absolute Gasteiger partial charge is 0.234 e. The highest BCUT2D eigenvalue weighted by molar-refractivity contribution is 5.78. The van der Waals surface area contributed by atoms with E-state index in [-0.39, 0.29) is 11.9 Å². The Kier molecular flexibility index (Phi) is 7.39. The third kappa shape index (κ3) is 5.91. The van der Waals surface area contributed by atoms with Gasteiger partial charge in [-0.05, 0) is 52.6 Å².